The van der Waals surface area contributed by atoms with Crippen LogP contribution in [0.5, 0.6) is 0 Å². The molecule has 1 saturated carbocycles. The molecule has 2 fully saturated rings. The number of hydrogen-bond donors (Lipinski definition) is 1. The molecular weight excluding hydrogens is 386 g/mol. The molecule has 0 spiro atoms. The van der Waals surface area contributed by atoms with Gasteiger partial charge in [0.1, 0.15) is 5.69 Å². The van der Waals surface area contributed by atoms with E-state index in [4.69, 9.17) is 23.2 Å². The number of fused-ring (bicyclic) bond motifs is 1. The van der Waals surface area contributed by atoms with E-state index in [1.54, 1.807) is 6.07 Å². The quantitative estimate of drug-likeness (QED) is 0.794. The van der Waals surface area contributed by atoms with Crippen LogP contribution < -0.4 is 5.32 Å². The maximum Gasteiger partial charge on any atom is 0.433 e. The van der Waals surface area contributed by atoms with Crippen molar-refractivity contribution < 1.29 is 13.2 Å². The molecule has 0 bridgehead atoms. The summed E-state index contributed by atoms with van der Waals surface area (Å²) in [6.45, 7) is 3.15. The highest BCUT2D eigenvalue weighted by atomic mass is 35.5. The number of piperidine rings is 1. The number of aromatic nitrogens is 2. The van der Waals surface area contributed by atoms with Crippen LogP contribution in [0.3, 0.4) is 0 Å². The summed E-state index contributed by atoms with van der Waals surface area (Å²) in [5, 5.41) is 8.32. The fourth-order valence-corrected chi connectivity index (χ4v) is 4.91. The average molecular weight is 404 g/mol. The maximum absolute atomic E-state index is 13.4. The molecule has 2 heterocycles. The zero-order valence-electron chi connectivity index (χ0n) is 14.1. The molecule has 3 nitrogen and oxygen atoms in total. The molecule has 1 aromatic carbocycles. The van der Waals surface area contributed by atoms with Crippen molar-refractivity contribution in [2.75, 3.05) is 13.1 Å². The van der Waals surface area contributed by atoms with Crippen molar-refractivity contribution >= 4 is 23.2 Å². The molecule has 2 unspecified atom stereocenters. The highest BCUT2D eigenvalue weighted by molar-refractivity contribution is 6.42. The Bertz CT molecular complexity index is 864. The van der Waals surface area contributed by atoms with Crippen molar-refractivity contribution in [1.29, 1.82) is 0 Å². The molecule has 1 N–H and O–H groups in total. The fraction of sp³-hybridized carbons (Fsp3) is 0.500. The van der Waals surface area contributed by atoms with E-state index < -0.39 is 11.9 Å². The smallest absolute Gasteiger partial charge is 0.316 e. The standard InChI is InChI=1S/C18H18Cl2F3N3/c1-11-7-25-26(15(11)18(21,22)23)10-16-8-17(16,4-5-24-9-16)12-2-3-13(19)14(20)6-12/h2-3,6-7,24H,4-5,8-10H2,1H3. The number of alkyl halides is 3. The van der Waals surface area contributed by atoms with E-state index in [0.717, 1.165) is 29.6 Å². The minimum atomic E-state index is -4.42. The van der Waals surface area contributed by atoms with Gasteiger partial charge in [-0.3, -0.25) is 4.68 Å². The topological polar surface area (TPSA) is 29.9 Å². The van der Waals surface area contributed by atoms with E-state index in [1.807, 2.05) is 12.1 Å². The van der Waals surface area contributed by atoms with Gasteiger partial charge >= 0.3 is 6.18 Å². The summed E-state index contributed by atoms with van der Waals surface area (Å²) >= 11 is 12.2. The minimum Gasteiger partial charge on any atom is -0.316 e. The van der Waals surface area contributed by atoms with Crippen molar-refractivity contribution in [2.24, 2.45) is 5.41 Å². The summed E-state index contributed by atoms with van der Waals surface area (Å²) in [6.07, 6.45) is -1.47. The average Bonchev–Trinajstić information content (AvgIpc) is 3.10. The lowest BCUT2D eigenvalue weighted by Gasteiger charge is -2.32. The maximum atomic E-state index is 13.4. The Morgan fingerprint density at radius 1 is 1.27 bits per heavy atom. The van der Waals surface area contributed by atoms with Crippen LogP contribution in [0.15, 0.2) is 24.4 Å². The number of rotatable bonds is 3. The third-order valence-electron chi connectivity index (χ3n) is 5.94. The largest absolute Gasteiger partial charge is 0.433 e. The molecule has 140 valence electrons. The first kappa shape index (κ1) is 18.1. The second kappa shape index (κ2) is 5.88. The number of hydrogen-bond acceptors (Lipinski definition) is 2. The van der Waals surface area contributed by atoms with Crippen LogP contribution in [-0.2, 0) is 18.1 Å². The van der Waals surface area contributed by atoms with Crippen molar-refractivity contribution in [2.45, 2.75) is 37.9 Å². The molecule has 26 heavy (non-hydrogen) atoms. The molecule has 1 aromatic heterocycles. The van der Waals surface area contributed by atoms with Crippen molar-refractivity contribution in [3.05, 3.63) is 51.3 Å². The number of benzene rings is 1. The van der Waals surface area contributed by atoms with Gasteiger partial charge in [-0.15, -0.1) is 0 Å². The van der Waals surface area contributed by atoms with Gasteiger partial charge < -0.3 is 5.32 Å². The summed E-state index contributed by atoms with van der Waals surface area (Å²) in [6, 6.07) is 5.56. The van der Waals surface area contributed by atoms with Crippen LogP contribution in [0.1, 0.15) is 29.7 Å². The molecular formula is C18H18Cl2F3N3. The zero-order valence-corrected chi connectivity index (χ0v) is 15.6. The summed E-state index contributed by atoms with van der Waals surface area (Å²) in [7, 11) is 0. The Labute approximate surface area is 159 Å². The van der Waals surface area contributed by atoms with Gasteiger partial charge in [-0.25, -0.2) is 0 Å². The Morgan fingerprint density at radius 2 is 2.04 bits per heavy atom. The third kappa shape index (κ3) is 2.65. The Kier molecular flexibility index (Phi) is 4.10. The highest BCUT2D eigenvalue weighted by Crippen LogP contribution is 2.68. The Hall–Kier alpha value is -1.24. The minimum absolute atomic E-state index is 0.151. The van der Waals surface area contributed by atoms with Gasteiger partial charge in [-0.1, -0.05) is 29.3 Å². The lowest BCUT2D eigenvalue weighted by Crippen LogP contribution is -2.41. The van der Waals surface area contributed by atoms with Gasteiger partial charge in [-0.2, -0.15) is 18.3 Å². The first-order valence-electron chi connectivity index (χ1n) is 8.44. The summed E-state index contributed by atoms with van der Waals surface area (Å²) in [4.78, 5) is 0. The highest BCUT2D eigenvalue weighted by Gasteiger charge is 2.68. The summed E-state index contributed by atoms with van der Waals surface area (Å²) < 4.78 is 41.5. The molecule has 0 radical (unpaired) electrons. The van der Waals surface area contributed by atoms with Crippen LogP contribution in [0, 0.1) is 12.3 Å². The molecule has 1 aliphatic carbocycles. The van der Waals surface area contributed by atoms with Gasteiger partial charge in [0.15, 0.2) is 0 Å². The second-order valence-electron chi connectivity index (χ2n) is 7.43. The monoisotopic (exact) mass is 403 g/mol. The van der Waals surface area contributed by atoms with Crippen LogP contribution in [0.2, 0.25) is 10.0 Å². The predicted octanol–water partition coefficient (Wildman–Crippen LogP) is 4.84. The van der Waals surface area contributed by atoms with E-state index >= 15 is 0 Å². The normalized spacial score (nSPS) is 28.1. The molecule has 1 aliphatic heterocycles. The van der Waals surface area contributed by atoms with Crippen molar-refractivity contribution in [1.82, 2.24) is 15.1 Å². The number of aryl methyl sites for hydroxylation is 1. The van der Waals surface area contributed by atoms with Crippen LogP contribution in [-0.4, -0.2) is 22.9 Å². The molecule has 0 amide bonds. The molecule has 1 saturated heterocycles. The van der Waals surface area contributed by atoms with Gasteiger partial charge in [0.2, 0.25) is 0 Å². The number of halogens is 5. The second-order valence-corrected chi connectivity index (χ2v) is 8.24. The van der Waals surface area contributed by atoms with Crippen molar-refractivity contribution in [3.63, 3.8) is 0 Å². The molecule has 4 rings (SSSR count). The van der Waals surface area contributed by atoms with Gasteiger partial charge in [0, 0.05) is 23.9 Å². The fourth-order valence-electron chi connectivity index (χ4n) is 4.61. The van der Waals surface area contributed by atoms with E-state index in [2.05, 4.69) is 10.4 Å². The molecule has 2 atom stereocenters. The number of nitrogens with zero attached hydrogens (tertiary/aromatic N) is 2. The molecule has 2 aromatic rings. The van der Waals surface area contributed by atoms with Crippen LogP contribution >= 0.6 is 23.2 Å². The van der Waals surface area contributed by atoms with E-state index in [9.17, 15) is 13.2 Å². The zero-order chi connectivity index (χ0) is 18.7. The van der Waals surface area contributed by atoms with Gasteiger partial charge in [0.25, 0.3) is 0 Å². The van der Waals surface area contributed by atoms with Crippen LogP contribution in [0.4, 0.5) is 13.2 Å². The SMILES string of the molecule is Cc1cnn(CC23CNCCC2(c2ccc(Cl)c(Cl)c2)C3)c1C(F)(F)F. The molecule has 8 heteroatoms. The third-order valence-corrected chi connectivity index (χ3v) is 6.68. The van der Waals surface area contributed by atoms with E-state index in [-0.39, 0.29) is 22.9 Å². The summed E-state index contributed by atoms with van der Waals surface area (Å²) in [5.41, 5.74) is 0.0486. The van der Waals surface area contributed by atoms with E-state index in [1.165, 1.54) is 13.1 Å². The van der Waals surface area contributed by atoms with Crippen molar-refractivity contribution in [3.8, 4) is 0 Å². The van der Waals surface area contributed by atoms with E-state index in [0.29, 0.717) is 16.6 Å². The van der Waals surface area contributed by atoms with Gasteiger partial charge in [0.05, 0.1) is 16.2 Å². The Morgan fingerprint density at radius 3 is 2.73 bits per heavy atom. The summed E-state index contributed by atoms with van der Waals surface area (Å²) in [5.74, 6) is 0. The Balaban J connectivity index is 1.72. The van der Waals surface area contributed by atoms with Gasteiger partial charge in [-0.05, 0) is 49.6 Å². The first-order chi connectivity index (χ1) is 12.2. The van der Waals surface area contributed by atoms with Crippen LogP contribution in [0.25, 0.3) is 0 Å². The lowest BCUT2D eigenvalue weighted by atomic mass is 9.81. The number of nitrogens with one attached hydrogen (secondary N) is 1. The predicted molar refractivity (Wildman–Crippen MR) is 94.6 cm³/mol. The molecule has 2 aliphatic rings. The lowest BCUT2D eigenvalue weighted by molar-refractivity contribution is -0.145. The first-order valence-corrected chi connectivity index (χ1v) is 9.20.